The molecule has 1 aliphatic carbocycles. The summed E-state index contributed by atoms with van der Waals surface area (Å²) in [5, 5.41) is 14.4. The van der Waals surface area contributed by atoms with E-state index in [0.717, 1.165) is 66.2 Å². The molecular weight excluding hydrogens is 574 g/mol. The van der Waals surface area contributed by atoms with Gasteiger partial charge in [0, 0.05) is 50.3 Å². The Morgan fingerprint density at radius 2 is 1.38 bits per heavy atom. The van der Waals surface area contributed by atoms with Gasteiger partial charge >= 0.3 is 0 Å². The first-order valence-electron chi connectivity index (χ1n) is 16.0. The molecule has 0 amide bonds. The summed E-state index contributed by atoms with van der Waals surface area (Å²) >= 11 is 0. The number of fused-ring (bicyclic) bond motifs is 10. The molecule has 2 atom stereocenters. The second-order valence-corrected chi connectivity index (χ2v) is 12.4. The fourth-order valence-electron chi connectivity index (χ4n) is 7.98. The predicted octanol–water partition coefficient (Wildman–Crippen LogP) is 11.0. The third kappa shape index (κ3) is 3.63. The number of nitrogens with zero attached hydrogens (tertiary/aromatic N) is 3. The Morgan fingerprint density at radius 1 is 0.596 bits per heavy atom. The van der Waals surface area contributed by atoms with E-state index >= 15 is 0 Å². The number of furan rings is 1. The molecule has 0 N–H and O–H groups in total. The molecule has 4 heteroatoms. The number of aromatic nitrogens is 1. The molecule has 6 aromatic carbocycles. The average molecular weight is 602 g/mol. The van der Waals surface area contributed by atoms with Crippen molar-refractivity contribution in [3.05, 3.63) is 163 Å². The number of para-hydroxylation sites is 4. The molecule has 2 aromatic heterocycles. The van der Waals surface area contributed by atoms with Crippen LogP contribution in [0.2, 0.25) is 0 Å². The molecule has 0 fully saturated rings. The van der Waals surface area contributed by atoms with E-state index in [9.17, 15) is 5.26 Å². The van der Waals surface area contributed by atoms with Crippen LogP contribution in [-0.2, 0) is 0 Å². The number of hydrogen-bond donors (Lipinski definition) is 0. The maximum absolute atomic E-state index is 10.0. The minimum absolute atomic E-state index is 0.141. The van der Waals surface area contributed by atoms with E-state index in [1.807, 2.05) is 18.2 Å². The van der Waals surface area contributed by atoms with Crippen molar-refractivity contribution in [1.82, 2.24) is 4.57 Å². The number of rotatable bonds is 3. The summed E-state index contributed by atoms with van der Waals surface area (Å²) in [7, 11) is 0. The van der Waals surface area contributed by atoms with Crippen molar-refractivity contribution in [2.75, 3.05) is 4.90 Å². The first-order valence-corrected chi connectivity index (χ1v) is 16.0. The standard InChI is InChI=1S/C43H27N3O/c44-26-27-21-23-39(46-36-18-7-4-13-29(36)30-14-5-8-19-37(30)46)35(25-27)32-17-10-16-31-33-22-24-40-41(43(33)47-42(31)32)34-15-6-9-20-38(34)45(40)28-11-2-1-3-12-28/h1-25,29,36H. The fraction of sp³-hybridized carbons (Fsp3) is 0.0465. The lowest BCUT2D eigenvalue weighted by Gasteiger charge is -2.30. The highest BCUT2D eigenvalue weighted by Gasteiger charge is 2.38. The third-order valence-electron chi connectivity index (χ3n) is 9.95. The highest BCUT2D eigenvalue weighted by Crippen LogP contribution is 2.51. The Balaban J connectivity index is 1.26. The topological polar surface area (TPSA) is 45.1 Å². The Bertz CT molecular complexity index is 2670. The number of hydrogen-bond acceptors (Lipinski definition) is 3. The van der Waals surface area contributed by atoms with E-state index in [-0.39, 0.29) is 12.0 Å². The molecule has 0 spiro atoms. The largest absolute Gasteiger partial charge is 0.455 e. The highest BCUT2D eigenvalue weighted by atomic mass is 16.3. The SMILES string of the molecule is N#Cc1ccc(N2c3ccccc3C3C=CC=CC32)c(-c2cccc3c2oc2c3ccc3c2c2ccccc2n3-c2ccccc2)c1. The molecule has 2 aliphatic rings. The first-order chi connectivity index (χ1) is 23.3. The van der Waals surface area contributed by atoms with Crippen LogP contribution in [0.4, 0.5) is 11.4 Å². The lowest BCUT2D eigenvalue weighted by molar-refractivity contribution is 0.674. The molecular formula is C43H27N3O. The van der Waals surface area contributed by atoms with Gasteiger partial charge in [0.15, 0.2) is 0 Å². The van der Waals surface area contributed by atoms with Gasteiger partial charge in [-0.3, -0.25) is 0 Å². The minimum Gasteiger partial charge on any atom is -0.455 e. The van der Waals surface area contributed by atoms with Crippen LogP contribution in [0, 0.1) is 11.3 Å². The second kappa shape index (κ2) is 9.84. The third-order valence-corrected chi connectivity index (χ3v) is 9.95. The summed E-state index contributed by atoms with van der Waals surface area (Å²) in [6.45, 7) is 0. The van der Waals surface area contributed by atoms with Crippen LogP contribution in [0.1, 0.15) is 17.0 Å². The van der Waals surface area contributed by atoms with Gasteiger partial charge in [-0.1, -0.05) is 97.1 Å². The van der Waals surface area contributed by atoms with Crippen LogP contribution in [0.15, 0.2) is 156 Å². The maximum Gasteiger partial charge on any atom is 0.145 e. The molecule has 10 rings (SSSR count). The van der Waals surface area contributed by atoms with Crippen molar-refractivity contribution in [2.24, 2.45) is 0 Å². The van der Waals surface area contributed by atoms with Gasteiger partial charge in [0.25, 0.3) is 0 Å². The van der Waals surface area contributed by atoms with Crippen LogP contribution >= 0.6 is 0 Å². The van der Waals surface area contributed by atoms with Gasteiger partial charge in [-0.2, -0.15) is 5.26 Å². The van der Waals surface area contributed by atoms with E-state index in [1.165, 1.54) is 11.3 Å². The van der Waals surface area contributed by atoms with Crippen LogP contribution in [0.5, 0.6) is 0 Å². The highest BCUT2D eigenvalue weighted by molar-refractivity contribution is 6.25. The van der Waals surface area contributed by atoms with E-state index in [0.29, 0.717) is 5.56 Å². The lowest BCUT2D eigenvalue weighted by Crippen LogP contribution is -2.29. The Kier molecular flexibility index (Phi) is 5.44. The molecule has 3 heterocycles. The molecule has 220 valence electrons. The molecule has 8 aromatic rings. The lowest BCUT2D eigenvalue weighted by atomic mass is 9.91. The molecule has 0 radical (unpaired) electrons. The summed E-state index contributed by atoms with van der Waals surface area (Å²) in [6, 6.07) is 47.1. The molecule has 1 aliphatic heterocycles. The van der Waals surface area contributed by atoms with E-state index in [4.69, 9.17) is 4.42 Å². The minimum atomic E-state index is 0.141. The van der Waals surface area contributed by atoms with Crippen molar-refractivity contribution >= 4 is 55.1 Å². The van der Waals surface area contributed by atoms with Crippen LogP contribution in [-0.4, -0.2) is 10.6 Å². The summed E-state index contributed by atoms with van der Waals surface area (Å²) in [6.07, 6.45) is 8.86. The molecule has 47 heavy (non-hydrogen) atoms. The van der Waals surface area contributed by atoms with Crippen molar-refractivity contribution < 1.29 is 4.42 Å². The van der Waals surface area contributed by atoms with E-state index < -0.39 is 0 Å². The monoisotopic (exact) mass is 601 g/mol. The number of nitriles is 1. The molecule has 0 bridgehead atoms. The summed E-state index contributed by atoms with van der Waals surface area (Å²) in [5.74, 6) is 0.261. The predicted molar refractivity (Wildman–Crippen MR) is 192 cm³/mol. The van der Waals surface area contributed by atoms with Gasteiger partial charge in [-0.25, -0.2) is 0 Å². The second-order valence-electron chi connectivity index (χ2n) is 12.4. The van der Waals surface area contributed by atoms with Gasteiger partial charge < -0.3 is 13.9 Å². The van der Waals surface area contributed by atoms with Gasteiger partial charge in [-0.05, 0) is 60.2 Å². The summed E-state index contributed by atoms with van der Waals surface area (Å²) in [4.78, 5) is 2.43. The van der Waals surface area contributed by atoms with Crippen LogP contribution < -0.4 is 4.90 Å². The van der Waals surface area contributed by atoms with Crippen LogP contribution in [0.25, 0.3) is 60.6 Å². The van der Waals surface area contributed by atoms with Gasteiger partial charge in [0.2, 0.25) is 0 Å². The molecule has 4 nitrogen and oxygen atoms in total. The van der Waals surface area contributed by atoms with Crippen molar-refractivity contribution in [3.8, 4) is 22.9 Å². The molecule has 2 unspecified atom stereocenters. The van der Waals surface area contributed by atoms with Gasteiger partial charge in [0.1, 0.15) is 11.2 Å². The average Bonchev–Trinajstić information content (AvgIpc) is 3.79. The normalized spacial score (nSPS) is 16.7. The first kappa shape index (κ1) is 26.0. The quantitative estimate of drug-likeness (QED) is 0.202. The Labute approximate surface area is 271 Å². The van der Waals surface area contributed by atoms with Crippen molar-refractivity contribution in [2.45, 2.75) is 12.0 Å². The van der Waals surface area contributed by atoms with Gasteiger partial charge in [0.05, 0.1) is 34.1 Å². The van der Waals surface area contributed by atoms with E-state index in [1.54, 1.807) is 0 Å². The van der Waals surface area contributed by atoms with E-state index in [2.05, 4.69) is 149 Å². The number of benzene rings is 6. The van der Waals surface area contributed by atoms with Crippen molar-refractivity contribution in [1.29, 1.82) is 5.26 Å². The summed E-state index contributed by atoms with van der Waals surface area (Å²) < 4.78 is 9.36. The zero-order valence-electron chi connectivity index (χ0n) is 25.3. The fourth-order valence-corrected chi connectivity index (χ4v) is 7.98. The van der Waals surface area contributed by atoms with Gasteiger partial charge in [-0.15, -0.1) is 0 Å². The zero-order valence-corrected chi connectivity index (χ0v) is 25.3. The smallest absolute Gasteiger partial charge is 0.145 e. The maximum atomic E-state index is 10.0. The Hall–Kier alpha value is -6.31. The van der Waals surface area contributed by atoms with Crippen molar-refractivity contribution in [3.63, 3.8) is 0 Å². The zero-order chi connectivity index (χ0) is 31.1. The number of allylic oxidation sites excluding steroid dienone is 2. The Morgan fingerprint density at radius 3 is 2.30 bits per heavy atom. The molecule has 0 saturated carbocycles. The molecule has 0 saturated heterocycles. The number of anilines is 2. The van der Waals surface area contributed by atoms with Crippen LogP contribution in [0.3, 0.4) is 0 Å². The summed E-state index contributed by atoms with van der Waals surface area (Å²) in [5.41, 5.74) is 11.2.